The molecule has 0 aliphatic rings. The third kappa shape index (κ3) is 5.87. The van der Waals surface area contributed by atoms with Gasteiger partial charge >= 0.3 is 5.97 Å². The summed E-state index contributed by atoms with van der Waals surface area (Å²) in [6, 6.07) is 2.92. The van der Waals surface area contributed by atoms with Crippen molar-refractivity contribution in [3.63, 3.8) is 0 Å². The minimum atomic E-state index is -0.610. The summed E-state index contributed by atoms with van der Waals surface area (Å²) >= 11 is 1.35. The van der Waals surface area contributed by atoms with Crippen LogP contribution in [-0.4, -0.2) is 24.5 Å². The minimum absolute atomic E-state index is 0.231. The van der Waals surface area contributed by atoms with Crippen molar-refractivity contribution in [1.29, 1.82) is 0 Å². The zero-order valence-corrected chi connectivity index (χ0v) is 12.3. The summed E-state index contributed by atoms with van der Waals surface area (Å²) in [6.07, 6.45) is 4.26. The van der Waals surface area contributed by atoms with Crippen LogP contribution in [0.4, 0.5) is 0 Å². The number of amides is 1. The maximum Gasteiger partial charge on any atom is 0.328 e. The molecule has 1 atom stereocenters. The highest BCUT2D eigenvalue weighted by Gasteiger charge is 2.18. The van der Waals surface area contributed by atoms with Crippen LogP contribution < -0.4 is 5.32 Å². The van der Waals surface area contributed by atoms with Crippen LogP contribution in [0.5, 0.6) is 0 Å². The number of nitrogens with one attached hydrogen (secondary N) is 1. The Bertz CT molecular complexity index is 389. The molecule has 0 saturated carbocycles. The quantitative estimate of drug-likeness (QED) is 0.589. The average molecular weight is 283 g/mol. The second-order valence-corrected chi connectivity index (χ2v) is 5.35. The fraction of sp³-hybridized carbons (Fsp3) is 0.571. The second-order valence-electron chi connectivity index (χ2n) is 4.40. The lowest BCUT2D eigenvalue weighted by Gasteiger charge is -2.12. The van der Waals surface area contributed by atoms with Crippen molar-refractivity contribution in [1.82, 2.24) is 5.32 Å². The van der Waals surface area contributed by atoms with Gasteiger partial charge in [0.25, 0.3) is 5.91 Å². The Morgan fingerprint density at radius 2 is 2.16 bits per heavy atom. The van der Waals surface area contributed by atoms with E-state index >= 15 is 0 Å². The van der Waals surface area contributed by atoms with E-state index in [4.69, 9.17) is 4.74 Å². The number of carbonyl (C=O) groups is 2. The van der Waals surface area contributed by atoms with E-state index < -0.39 is 6.04 Å². The average Bonchev–Trinajstić information content (AvgIpc) is 2.92. The number of esters is 1. The fourth-order valence-corrected chi connectivity index (χ4v) is 2.19. The standard InChI is InChI=1S/C14H21NO3S/c1-3-4-5-6-9-18-14(17)11(2)15-13(16)12-8-7-10-19-12/h7-8,10-11H,3-6,9H2,1-2H3,(H,15,16)/t11-/m0/s1. The van der Waals surface area contributed by atoms with Crippen molar-refractivity contribution in [3.05, 3.63) is 22.4 Å². The van der Waals surface area contributed by atoms with Gasteiger partial charge < -0.3 is 10.1 Å². The van der Waals surface area contributed by atoms with Crippen molar-refractivity contribution >= 4 is 23.2 Å². The molecular weight excluding hydrogens is 262 g/mol. The minimum Gasteiger partial charge on any atom is -0.464 e. The van der Waals surface area contributed by atoms with Crippen LogP contribution in [-0.2, 0) is 9.53 Å². The maximum atomic E-state index is 11.7. The van der Waals surface area contributed by atoms with Crippen molar-refractivity contribution in [2.75, 3.05) is 6.61 Å². The summed E-state index contributed by atoms with van der Waals surface area (Å²) in [5, 5.41) is 4.46. The molecule has 1 N–H and O–H groups in total. The Labute approximate surface area is 118 Å². The normalized spacial score (nSPS) is 11.9. The van der Waals surface area contributed by atoms with Gasteiger partial charge in [-0.1, -0.05) is 32.3 Å². The Balaban J connectivity index is 2.23. The van der Waals surface area contributed by atoms with Gasteiger partial charge in [-0.25, -0.2) is 4.79 Å². The Morgan fingerprint density at radius 3 is 2.79 bits per heavy atom. The van der Waals surface area contributed by atoms with Crippen molar-refractivity contribution in [3.8, 4) is 0 Å². The van der Waals surface area contributed by atoms with Gasteiger partial charge in [-0.3, -0.25) is 4.79 Å². The first kappa shape index (κ1) is 15.7. The first-order valence-electron chi connectivity index (χ1n) is 6.66. The lowest BCUT2D eigenvalue weighted by Crippen LogP contribution is -2.39. The highest BCUT2D eigenvalue weighted by Crippen LogP contribution is 2.08. The molecule has 0 fully saturated rings. The predicted molar refractivity (Wildman–Crippen MR) is 76.3 cm³/mol. The van der Waals surface area contributed by atoms with Crippen LogP contribution in [0.1, 0.15) is 49.2 Å². The van der Waals surface area contributed by atoms with Crippen molar-refractivity contribution in [2.45, 2.75) is 45.6 Å². The monoisotopic (exact) mass is 283 g/mol. The molecule has 0 saturated heterocycles. The third-order valence-electron chi connectivity index (χ3n) is 2.69. The van der Waals surface area contributed by atoms with Gasteiger partial charge in [0.1, 0.15) is 6.04 Å². The summed E-state index contributed by atoms with van der Waals surface area (Å²) < 4.78 is 5.12. The molecule has 1 amide bonds. The van der Waals surface area contributed by atoms with E-state index in [1.54, 1.807) is 19.1 Å². The fourth-order valence-electron chi connectivity index (χ4n) is 1.56. The third-order valence-corrected chi connectivity index (χ3v) is 3.56. The summed E-state index contributed by atoms with van der Waals surface area (Å²) in [7, 11) is 0. The number of hydrogen-bond donors (Lipinski definition) is 1. The van der Waals surface area contributed by atoms with Gasteiger partial charge in [-0.05, 0) is 24.8 Å². The Hall–Kier alpha value is -1.36. The second kappa shape index (κ2) is 8.69. The molecule has 0 spiro atoms. The number of thiophene rings is 1. The lowest BCUT2D eigenvalue weighted by molar-refractivity contribution is -0.145. The van der Waals surface area contributed by atoms with E-state index in [-0.39, 0.29) is 11.9 Å². The molecular formula is C14H21NO3S. The van der Waals surface area contributed by atoms with Crippen molar-refractivity contribution < 1.29 is 14.3 Å². The number of carbonyl (C=O) groups excluding carboxylic acids is 2. The Kier molecular flexibility index (Phi) is 7.18. The molecule has 0 aliphatic heterocycles. The summed E-state index contributed by atoms with van der Waals surface area (Å²) in [5.41, 5.74) is 0. The number of rotatable bonds is 8. The molecule has 0 aliphatic carbocycles. The van der Waals surface area contributed by atoms with Crippen molar-refractivity contribution in [2.24, 2.45) is 0 Å². The number of ether oxygens (including phenoxy) is 1. The molecule has 106 valence electrons. The summed E-state index contributed by atoms with van der Waals surface area (Å²) in [4.78, 5) is 24.0. The first-order valence-corrected chi connectivity index (χ1v) is 7.54. The smallest absolute Gasteiger partial charge is 0.328 e. The largest absolute Gasteiger partial charge is 0.464 e. The highest BCUT2D eigenvalue weighted by molar-refractivity contribution is 7.12. The van der Waals surface area contributed by atoms with Crippen LogP contribution >= 0.6 is 11.3 Å². The molecule has 5 heteroatoms. The van der Waals surface area contributed by atoms with Crippen LogP contribution in [0.15, 0.2) is 17.5 Å². The van der Waals surface area contributed by atoms with Crippen LogP contribution in [0.25, 0.3) is 0 Å². The number of unbranched alkanes of at least 4 members (excludes halogenated alkanes) is 3. The SMILES string of the molecule is CCCCCCOC(=O)[C@H](C)NC(=O)c1cccs1. The maximum absolute atomic E-state index is 11.7. The molecule has 0 unspecified atom stereocenters. The van der Waals surface area contributed by atoms with Gasteiger partial charge in [-0.2, -0.15) is 0 Å². The molecule has 0 bridgehead atoms. The molecule has 1 heterocycles. The van der Waals surface area contributed by atoms with E-state index in [9.17, 15) is 9.59 Å². The Morgan fingerprint density at radius 1 is 1.37 bits per heavy atom. The van der Waals surface area contributed by atoms with Gasteiger partial charge in [-0.15, -0.1) is 11.3 Å². The topological polar surface area (TPSA) is 55.4 Å². The van der Waals surface area contributed by atoms with E-state index in [1.165, 1.54) is 11.3 Å². The zero-order valence-electron chi connectivity index (χ0n) is 11.5. The highest BCUT2D eigenvalue weighted by atomic mass is 32.1. The lowest BCUT2D eigenvalue weighted by atomic mass is 10.2. The van der Waals surface area contributed by atoms with E-state index in [2.05, 4.69) is 12.2 Å². The van der Waals surface area contributed by atoms with Gasteiger partial charge in [0, 0.05) is 0 Å². The van der Waals surface area contributed by atoms with Crippen LogP contribution in [0.2, 0.25) is 0 Å². The molecule has 1 aromatic rings. The van der Waals surface area contributed by atoms with E-state index in [0.29, 0.717) is 11.5 Å². The molecule has 0 aromatic carbocycles. The number of hydrogen-bond acceptors (Lipinski definition) is 4. The summed E-state index contributed by atoms with van der Waals surface area (Å²) in [6.45, 7) is 4.20. The van der Waals surface area contributed by atoms with Gasteiger partial charge in [0.05, 0.1) is 11.5 Å². The zero-order chi connectivity index (χ0) is 14.1. The molecule has 1 rings (SSSR count). The van der Waals surface area contributed by atoms with E-state index in [1.807, 2.05) is 5.38 Å². The van der Waals surface area contributed by atoms with Crippen LogP contribution in [0.3, 0.4) is 0 Å². The molecule has 4 nitrogen and oxygen atoms in total. The summed E-state index contributed by atoms with van der Waals surface area (Å²) in [5.74, 6) is -0.605. The van der Waals surface area contributed by atoms with Crippen LogP contribution in [0, 0.1) is 0 Å². The molecule has 1 aromatic heterocycles. The van der Waals surface area contributed by atoms with E-state index in [0.717, 1.165) is 25.7 Å². The van der Waals surface area contributed by atoms with Gasteiger partial charge in [0.15, 0.2) is 0 Å². The van der Waals surface area contributed by atoms with Gasteiger partial charge in [0.2, 0.25) is 0 Å². The molecule has 0 radical (unpaired) electrons. The predicted octanol–water partition coefficient (Wildman–Crippen LogP) is 2.99. The first-order chi connectivity index (χ1) is 9.15. The molecule has 19 heavy (non-hydrogen) atoms.